The average molecular weight is 899 g/mol. The Labute approximate surface area is 404 Å². The van der Waals surface area contributed by atoms with E-state index in [1.807, 2.05) is 18.2 Å². The summed E-state index contributed by atoms with van der Waals surface area (Å²) in [6.45, 7) is 2.19. The van der Waals surface area contributed by atoms with Crippen molar-refractivity contribution in [1.82, 2.24) is 19.5 Å². The normalized spacial score (nSPS) is 11.6. The van der Waals surface area contributed by atoms with Gasteiger partial charge in [-0.25, -0.2) is 15.0 Å². The lowest BCUT2D eigenvalue weighted by Crippen LogP contribution is -2.00. The van der Waals surface area contributed by atoms with Crippen LogP contribution in [0.2, 0.25) is 0 Å². The lowest BCUT2D eigenvalue weighted by molar-refractivity contribution is 1.08. The van der Waals surface area contributed by atoms with E-state index < -0.39 is 0 Å². The van der Waals surface area contributed by atoms with Crippen molar-refractivity contribution in [3.8, 4) is 84.4 Å². The summed E-state index contributed by atoms with van der Waals surface area (Å²) in [6.07, 6.45) is 0. The van der Waals surface area contributed by atoms with Crippen LogP contribution < -0.4 is 0 Å². The van der Waals surface area contributed by atoms with Gasteiger partial charge in [-0.05, 0) is 124 Å². The third-order valence-electron chi connectivity index (χ3n) is 13.4. The highest BCUT2D eigenvalue weighted by Crippen LogP contribution is 2.43. The predicted molar refractivity (Wildman–Crippen MR) is 290 cm³/mol. The van der Waals surface area contributed by atoms with Crippen LogP contribution in [0.25, 0.3) is 126 Å². The lowest BCUT2D eigenvalue weighted by Gasteiger charge is -2.13. The van der Waals surface area contributed by atoms with Gasteiger partial charge in [0, 0.05) is 53.3 Å². The summed E-state index contributed by atoms with van der Waals surface area (Å²) in [6, 6.07) is 84.6. The van der Waals surface area contributed by atoms with Gasteiger partial charge in [0.05, 0.1) is 11.0 Å². The first-order valence-corrected chi connectivity index (χ1v) is 24.1. The molecular weight excluding hydrogens is 857 g/mol. The van der Waals surface area contributed by atoms with E-state index in [4.69, 9.17) is 15.0 Å². The number of hydrogen-bond acceptors (Lipinski definition) is 4. The van der Waals surface area contributed by atoms with Gasteiger partial charge in [0.25, 0.3) is 0 Å². The molecule has 0 aliphatic carbocycles. The van der Waals surface area contributed by atoms with Crippen molar-refractivity contribution in [2.45, 2.75) is 6.92 Å². The van der Waals surface area contributed by atoms with Gasteiger partial charge in [0.1, 0.15) is 0 Å². The van der Waals surface area contributed by atoms with Gasteiger partial charge in [-0.1, -0.05) is 170 Å². The number of rotatable bonds is 8. The van der Waals surface area contributed by atoms with Crippen LogP contribution in [0.4, 0.5) is 0 Å². The maximum absolute atomic E-state index is 5.36. The Morgan fingerprint density at radius 2 is 0.826 bits per heavy atom. The third kappa shape index (κ3) is 7.28. The van der Waals surface area contributed by atoms with Crippen molar-refractivity contribution < 1.29 is 0 Å². The highest BCUT2D eigenvalue weighted by atomic mass is 32.1. The van der Waals surface area contributed by atoms with Crippen LogP contribution in [0.1, 0.15) is 5.56 Å². The molecule has 0 aliphatic heterocycles. The molecule has 3 aromatic heterocycles. The average Bonchev–Trinajstić information content (AvgIpc) is 3.97. The van der Waals surface area contributed by atoms with Gasteiger partial charge >= 0.3 is 0 Å². The van der Waals surface area contributed by atoms with Gasteiger partial charge in [0.15, 0.2) is 17.5 Å². The molecule has 0 N–H and O–H groups in total. The highest BCUT2D eigenvalue weighted by Gasteiger charge is 2.20. The standard InChI is InChI=1S/C64H42N4S/c1-41-17-11-13-28-56(41)68-57-29-14-12-26-52(57)54-39-46(31-33-58(54)68)47-32-34-59-55(40-47)61-53(27-16-30-60(61)69-59)64-66-62(44-22-9-4-10-23-44)65-63(67-64)48-25-15-24-45(35-48)51-37-49(42-18-5-2-6-19-42)36-50(38-51)43-20-7-3-8-21-43/h2-40H,1H3. The summed E-state index contributed by atoms with van der Waals surface area (Å²) >= 11 is 1.81. The Bertz CT molecular complexity index is 4020. The molecule has 0 saturated carbocycles. The van der Waals surface area contributed by atoms with Crippen LogP contribution in [0, 0.1) is 6.92 Å². The maximum Gasteiger partial charge on any atom is 0.164 e. The zero-order chi connectivity index (χ0) is 45.8. The van der Waals surface area contributed by atoms with E-state index >= 15 is 0 Å². The van der Waals surface area contributed by atoms with Gasteiger partial charge < -0.3 is 4.57 Å². The van der Waals surface area contributed by atoms with Crippen LogP contribution in [0.3, 0.4) is 0 Å². The summed E-state index contributed by atoms with van der Waals surface area (Å²) in [7, 11) is 0. The molecule has 0 fully saturated rings. The molecule has 10 aromatic carbocycles. The monoisotopic (exact) mass is 898 g/mol. The molecule has 4 nitrogen and oxygen atoms in total. The van der Waals surface area contributed by atoms with Crippen molar-refractivity contribution >= 4 is 53.3 Å². The first-order valence-electron chi connectivity index (χ1n) is 23.3. The Hall–Kier alpha value is -8.77. The topological polar surface area (TPSA) is 43.6 Å². The van der Waals surface area contributed by atoms with Crippen LogP contribution >= 0.6 is 11.3 Å². The predicted octanol–water partition coefficient (Wildman–Crippen LogP) is 17.3. The van der Waals surface area contributed by atoms with Gasteiger partial charge in [-0.15, -0.1) is 11.3 Å². The third-order valence-corrected chi connectivity index (χ3v) is 14.5. The molecule has 0 bridgehead atoms. The molecule has 69 heavy (non-hydrogen) atoms. The number of aromatic nitrogens is 4. The summed E-state index contributed by atoms with van der Waals surface area (Å²) in [5, 5.41) is 4.80. The molecule has 0 spiro atoms. The molecule has 324 valence electrons. The van der Waals surface area contributed by atoms with Crippen LogP contribution in [0.5, 0.6) is 0 Å². The van der Waals surface area contributed by atoms with E-state index in [1.54, 1.807) is 11.3 Å². The smallest absolute Gasteiger partial charge is 0.164 e. The summed E-state index contributed by atoms with van der Waals surface area (Å²) in [5.41, 5.74) is 16.9. The Morgan fingerprint density at radius 1 is 0.319 bits per heavy atom. The number of para-hydroxylation sites is 2. The van der Waals surface area contributed by atoms with Gasteiger partial charge in [-0.3, -0.25) is 0 Å². The van der Waals surface area contributed by atoms with E-state index in [0.717, 1.165) is 49.9 Å². The highest BCUT2D eigenvalue weighted by molar-refractivity contribution is 7.26. The summed E-state index contributed by atoms with van der Waals surface area (Å²) in [5.74, 6) is 1.90. The molecule has 3 heterocycles. The van der Waals surface area contributed by atoms with Crippen molar-refractivity contribution in [2.24, 2.45) is 0 Å². The molecule has 0 aliphatic rings. The molecular formula is C64H42N4S. The molecule has 13 rings (SSSR count). The number of aryl methyl sites for hydroxylation is 1. The van der Waals surface area contributed by atoms with Crippen molar-refractivity contribution in [2.75, 3.05) is 0 Å². The Morgan fingerprint density at radius 3 is 1.55 bits per heavy atom. The minimum Gasteiger partial charge on any atom is -0.309 e. The minimum absolute atomic E-state index is 0.624. The van der Waals surface area contributed by atoms with Gasteiger partial charge in [0.2, 0.25) is 0 Å². The number of nitrogens with zero attached hydrogens (tertiary/aromatic N) is 4. The first kappa shape index (κ1) is 40.5. The fourth-order valence-electron chi connectivity index (χ4n) is 9.99. The van der Waals surface area contributed by atoms with Crippen molar-refractivity contribution in [1.29, 1.82) is 0 Å². The number of thiophene rings is 1. The molecule has 0 saturated heterocycles. The quantitative estimate of drug-likeness (QED) is 0.153. The molecule has 0 radical (unpaired) electrons. The molecule has 0 atom stereocenters. The van der Waals surface area contributed by atoms with E-state index in [1.165, 1.54) is 64.5 Å². The van der Waals surface area contributed by atoms with Gasteiger partial charge in [-0.2, -0.15) is 0 Å². The molecule has 13 aromatic rings. The Balaban J connectivity index is 0.950. The second-order valence-corrected chi connectivity index (χ2v) is 18.7. The second kappa shape index (κ2) is 16.8. The second-order valence-electron chi connectivity index (χ2n) is 17.6. The fourth-order valence-corrected chi connectivity index (χ4v) is 11.1. The number of hydrogen-bond donors (Lipinski definition) is 0. The Kier molecular flexibility index (Phi) is 9.88. The van der Waals surface area contributed by atoms with Crippen molar-refractivity contribution in [3.05, 3.63) is 242 Å². The fraction of sp³-hybridized carbons (Fsp3) is 0.0156. The van der Waals surface area contributed by atoms with Crippen LogP contribution in [-0.2, 0) is 0 Å². The minimum atomic E-state index is 0.624. The SMILES string of the molecule is Cc1ccccc1-n1c2ccccc2c2cc(-c3ccc4sc5cccc(-c6nc(-c7ccccc7)nc(-c7cccc(-c8cc(-c9ccccc9)cc(-c9ccccc9)c8)c7)n6)c5c4c3)ccc21. The van der Waals surface area contributed by atoms with E-state index in [-0.39, 0.29) is 0 Å². The summed E-state index contributed by atoms with van der Waals surface area (Å²) in [4.78, 5) is 15.8. The van der Waals surface area contributed by atoms with Crippen LogP contribution in [0.15, 0.2) is 237 Å². The maximum atomic E-state index is 5.36. The first-order chi connectivity index (χ1) is 34.1. The summed E-state index contributed by atoms with van der Waals surface area (Å²) < 4.78 is 4.81. The number of fused-ring (bicyclic) bond motifs is 6. The van der Waals surface area contributed by atoms with E-state index in [2.05, 4.69) is 230 Å². The number of benzene rings is 10. The van der Waals surface area contributed by atoms with Crippen molar-refractivity contribution in [3.63, 3.8) is 0 Å². The van der Waals surface area contributed by atoms with Crippen LogP contribution in [-0.4, -0.2) is 19.5 Å². The molecule has 0 amide bonds. The molecule has 0 unspecified atom stereocenters. The zero-order valence-corrected chi connectivity index (χ0v) is 38.5. The van der Waals surface area contributed by atoms with E-state index in [9.17, 15) is 0 Å². The zero-order valence-electron chi connectivity index (χ0n) is 37.7. The largest absolute Gasteiger partial charge is 0.309 e. The van der Waals surface area contributed by atoms with E-state index in [0.29, 0.717) is 17.5 Å². The molecule has 5 heteroatoms. The lowest BCUT2D eigenvalue weighted by atomic mass is 9.93.